The summed E-state index contributed by atoms with van der Waals surface area (Å²) in [6, 6.07) is 29.6. The van der Waals surface area contributed by atoms with Crippen LogP contribution >= 0.6 is 11.6 Å². The highest BCUT2D eigenvalue weighted by Crippen LogP contribution is 2.49. The van der Waals surface area contributed by atoms with Crippen molar-refractivity contribution >= 4 is 33.1 Å². The summed E-state index contributed by atoms with van der Waals surface area (Å²) in [7, 11) is 0. The van der Waals surface area contributed by atoms with Gasteiger partial charge in [-0.05, 0) is 81.7 Å². The van der Waals surface area contributed by atoms with E-state index in [0.717, 1.165) is 33.0 Å². The van der Waals surface area contributed by atoms with Gasteiger partial charge in [0.05, 0.1) is 0 Å². The lowest BCUT2D eigenvalue weighted by Gasteiger charge is -2.23. The lowest BCUT2D eigenvalue weighted by atomic mass is 9.89. The molecule has 0 saturated heterocycles. The Morgan fingerprint density at radius 2 is 1.48 bits per heavy atom. The fourth-order valence-electron chi connectivity index (χ4n) is 4.47. The van der Waals surface area contributed by atoms with Crippen LogP contribution in [0, 0.1) is 6.92 Å². The maximum Gasteiger partial charge on any atom is 0.135 e. The highest BCUT2D eigenvalue weighted by Gasteiger charge is 2.22. The summed E-state index contributed by atoms with van der Waals surface area (Å²) in [5, 5.41) is 5.50. The molecule has 0 aliphatic carbocycles. The van der Waals surface area contributed by atoms with Crippen LogP contribution in [0.2, 0.25) is 5.02 Å². The van der Waals surface area contributed by atoms with E-state index in [9.17, 15) is 0 Å². The van der Waals surface area contributed by atoms with Gasteiger partial charge >= 0.3 is 0 Å². The lowest BCUT2D eigenvalue weighted by Crippen LogP contribution is -1.98. The highest BCUT2D eigenvalue weighted by atomic mass is 35.5. The SMILES string of the molecule is Cc1cc(Cl)cc2c1cc1c3c(cccc32)Oc2cc(-c3ccccc3)ccc2-1. The zero-order chi connectivity index (χ0) is 19.5. The van der Waals surface area contributed by atoms with Crippen molar-refractivity contribution in [1.29, 1.82) is 0 Å². The summed E-state index contributed by atoms with van der Waals surface area (Å²) in [6.45, 7) is 2.12. The summed E-state index contributed by atoms with van der Waals surface area (Å²) in [5.41, 5.74) is 5.87. The minimum atomic E-state index is 0.764. The lowest BCUT2D eigenvalue weighted by molar-refractivity contribution is 0.487. The zero-order valence-corrected chi connectivity index (χ0v) is 16.6. The van der Waals surface area contributed by atoms with Gasteiger partial charge < -0.3 is 4.74 Å². The van der Waals surface area contributed by atoms with Crippen molar-refractivity contribution < 1.29 is 4.74 Å². The first-order valence-electron chi connectivity index (χ1n) is 9.72. The van der Waals surface area contributed by atoms with Gasteiger partial charge in [-0.15, -0.1) is 0 Å². The Morgan fingerprint density at radius 3 is 2.34 bits per heavy atom. The van der Waals surface area contributed by atoms with E-state index in [-0.39, 0.29) is 0 Å². The molecule has 0 atom stereocenters. The number of hydrogen-bond acceptors (Lipinski definition) is 1. The van der Waals surface area contributed by atoms with Crippen LogP contribution in [0.1, 0.15) is 5.56 Å². The van der Waals surface area contributed by atoms with Crippen LogP contribution in [-0.4, -0.2) is 0 Å². The summed E-state index contributed by atoms with van der Waals surface area (Å²) in [4.78, 5) is 0. The number of hydrogen-bond donors (Lipinski definition) is 0. The number of rotatable bonds is 1. The van der Waals surface area contributed by atoms with Crippen molar-refractivity contribution in [2.45, 2.75) is 6.92 Å². The van der Waals surface area contributed by atoms with Crippen molar-refractivity contribution in [3.63, 3.8) is 0 Å². The third kappa shape index (κ3) is 2.48. The van der Waals surface area contributed by atoms with Crippen molar-refractivity contribution in [3.8, 4) is 33.8 Å². The number of ether oxygens (including phenoxy) is 1. The average molecular weight is 393 g/mol. The second-order valence-electron chi connectivity index (χ2n) is 7.60. The fraction of sp³-hybridized carbons (Fsp3) is 0.0370. The van der Waals surface area contributed by atoms with Crippen LogP contribution in [0.15, 0.2) is 84.9 Å². The van der Waals surface area contributed by atoms with Crippen LogP contribution in [-0.2, 0) is 0 Å². The zero-order valence-electron chi connectivity index (χ0n) is 15.9. The predicted molar refractivity (Wildman–Crippen MR) is 122 cm³/mol. The summed E-state index contributed by atoms with van der Waals surface area (Å²) in [6.07, 6.45) is 0. The van der Waals surface area contributed by atoms with E-state index in [1.54, 1.807) is 0 Å². The minimum absolute atomic E-state index is 0.764. The molecular weight excluding hydrogens is 376 g/mol. The molecule has 1 aliphatic heterocycles. The Morgan fingerprint density at radius 1 is 0.621 bits per heavy atom. The number of aryl methyl sites for hydroxylation is 1. The molecule has 0 fully saturated rings. The molecule has 0 spiro atoms. The highest BCUT2D eigenvalue weighted by molar-refractivity contribution is 6.32. The second-order valence-corrected chi connectivity index (χ2v) is 8.04. The number of benzene rings is 5. The molecule has 0 aromatic heterocycles. The smallest absolute Gasteiger partial charge is 0.135 e. The van der Waals surface area contributed by atoms with Crippen molar-refractivity contribution in [3.05, 3.63) is 95.5 Å². The summed E-state index contributed by atoms with van der Waals surface area (Å²) in [5.74, 6) is 1.80. The quantitative estimate of drug-likeness (QED) is 0.255. The number of halogens is 1. The minimum Gasteiger partial charge on any atom is -0.456 e. The topological polar surface area (TPSA) is 9.23 Å². The summed E-state index contributed by atoms with van der Waals surface area (Å²) >= 11 is 6.38. The van der Waals surface area contributed by atoms with Gasteiger partial charge in [-0.25, -0.2) is 0 Å². The molecule has 1 aliphatic rings. The predicted octanol–water partition coefficient (Wildman–Crippen LogP) is 8.39. The summed E-state index contributed by atoms with van der Waals surface area (Å²) < 4.78 is 6.39. The Hall–Kier alpha value is -3.29. The molecule has 0 radical (unpaired) electrons. The molecule has 0 amide bonds. The third-order valence-corrected chi connectivity index (χ3v) is 6.04. The van der Waals surface area contributed by atoms with Gasteiger partial charge in [0.15, 0.2) is 0 Å². The molecular formula is C27H17ClO. The van der Waals surface area contributed by atoms with Crippen LogP contribution in [0.4, 0.5) is 0 Å². The maximum atomic E-state index is 6.39. The van der Waals surface area contributed by atoms with E-state index in [1.807, 2.05) is 18.2 Å². The first kappa shape index (κ1) is 16.6. The number of fused-ring (bicyclic) bond motifs is 4. The molecule has 29 heavy (non-hydrogen) atoms. The second kappa shape index (κ2) is 6.10. The van der Waals surface area contributed by atoms with Gasteiger partial charge in [0.2, 0.25) is 0 Å². The average Bonchev–Trinajstić information content (AvgIpc) is 2.74. The standard InChI is InChI=1S/C27H17ClO/c1-16-12-19(28)14-23-21-8-5-9-25-27(21)24(15-22(16)23)20-11-10-18(13-26(20)29-25)17-6-3-2-4-7-17/h2-15H,1H3. The molecule has 0 bridgehead atoms. The first-order valence-corrected chi connectivity index (χ1v) is 10.1. The molecule has 1 nitrogen and oxygen atoms in total. The van der Waals surface area contributed by atoms with E-state index in [0.29, 0.717) is 0 Å². The van der Waals surface area contributed by atoms with Crippen molar-refractivity contribution in [2.75, 3.05) is 0 Å². The molecule has 5 aromatic carbocycles. The Labute approximate surface area is 174 Å². The molecule has 0 unspecified atom stereocenters. The molecule has 5 aromatic rings. The molecule has 138 valence electrons. The van der Waals surface area contributed by atoms with E-state index < -0.39 is 0 Å². The van der Waals surface area contributed by atoms with E-state index in [4.69, 9.17) is 16.3 Å². The van der Waals surface area contributed by atoms with E-state index in [2.05, 4.69) is 73.7 Å². The first-order chi connectivity index (χ1) is 14.2. The Kier molecular flexibility index (Phi) is 3.50. The van der Waals surface area contributed by atoms with Gasteiger partial charge in [0.25, 0.3) is 0 Å². The monoisotopic (exact) mass is 392 g/mol. The van der Waals surface area contributed by atoms with Gasteiger partial charge in [0, 0.05) is 16.0 Å². The van der Waals surface area contributed by atoms with Crippen LogP contribution in [0.3, 0.4) is 0 Å². The van der Waals surface area contributed by atoms with Gasteiger partial charge in [-0.3, -0.25) is 0 Å². The van der Waals surface area contributed by atoms with Crippen molar-refractivity contribution in [1.82, 2.24) is 0 Å². The van der Waals surface area contributed by atoms with E-state index in [1.165, 1.54) is 32.8 Å². The molecule has 1 heterocycles. The largest absolute Gasteiger partial charge is 0.456 e. The van der Waals surface area contributed by atoms with E-state index >= 15 is 0 Å². The van der Waals surface area contributed by atoms with Crippen molar-refractivity contribution in [2.24, 2.45) is 0 Å². The molecule has 0 N–H and O–H groups in total. The third-order valence-electron chi connectivity index (χ3n) is 5.82. The van der Waals surface area contributed by atoms with Gasteiger partial charge in [-0.1, -0.05) is 60.1 Å². The van der Waals surface area contributed by atoms with Crippen LogP contribution in [0.5, 0.6) is 11.5 Å². The molecule has 6 rings (SSSR count). The van der Waals surface area contributed by atoms with Crippen LogP contribution < -0.4 is 4.74 Å². The maximum absolute atomic E-state index is 6.39. The Bertz CT molecular complexity index is 1430. The van der Waals surface area contributed by atoms with Gasteiger partial charge in [-0.2, -0.15) is 0 Å². The molecule has 2 heteroatoms. The Balaban J connectivity index is 1.68. The normalized spacial score (nSPS) is 12.1. The molecule has 0 saturated carbocycles. The fourth-order valence-corrected chi connectivity index (χ4v) is 4.75. The van der Waals surface area contributed by atoms with Gasteiger partial charge in [0.1, 0.15) is 11.5 Å². The van der Waals surface area contributed by atoms with Crippen LogP contribution in [0.25, 0.3) is 43.8 Å².